The third-order valence-corrected chi connectivity index (χ3v) is 1.70. The van der Waals surface area contributed by atoms with Gasteiger partial charge in [0.05, 0.1) is 0 Å². The van der Waals surface area contributed by atoms with Crippen molar-refractivity contribution in [3.05, 3.63) is 12.7 Å². The van der Waals surface area contributed by atoms with Crippen LogP contribution in [0.25, 0.3) is 0 Å². The Bertz CT molecular complexity index is 145. The average molecular weight is 196 g/mol. The fraction of sp³-hybridized carbons (Fsp3) is 0.750. The van der Waals surface area contributed by atoms with E-state index in [0.29, 0.717) is 12.8 Å². The van der Waals surface area contributed by atoms with Crippen LogP contribution in [-0.4, -0.2) is 12.2 Å². The normalized spacial score (nSPS) is 14.2. The van der Waals surface area contributed by atoms with Gasteiger partial charge in [-0.2, -0.15) is 13.2 Å². The highest BCUT2D eigenvalue weighted by atomic mass is 19.4. The van der Waals surface area contributed by atoms with Crippen molar-refractivity contribution in [2.45, 2.75) is 37.9 Å². The molecule has 0 saturated heterocycles. The standard InChI is InChI=1S/C8H15F3N2/c1-2-4-7(13-12)5-3-6-8(9,10)11/h2,7,13H,1,3-6,12H2. The van der Waals surface area contributed by atoms with Gasteiger partial charge in [-0.3, -0.25) is 11.3 Å². The van der Waals surface area contributed by atoms with E-state index >= 15 is 0 Å². The van der Waals surface area contributed by atoms with Crippen molar-refractivity contribution in [3.63, 3.8) is 0 Å². The summed E-state index contributed by atoms with van der Waals surface area (Å²) in [5, 5.41) is 0. The van der Waals surface area contributed by atoms with E-state index < -0.39 is 12.6 Å². The van der Waals surface area contributed by atoms with Crippen molar-refractivity contribution in [1.29, 1.82) is 0 Å². The van der Waals surface area contributed by atoms with E-state index in [1.165, 1.54) is 0 Å². The summed E-state index contributed by atoms with van der Waals surface area (Å²) in [5.41, 5.74) is 2.45. The van der Waals surface area contributed by atoms with Gasteiger partial charge in [0.1, 0.15) is 0 Å². The van der Waals surface area contributed by atoms with Gasteiger partial charge < -0.3 is 0 Å². The zero-order valence-electron chi connectivity index (χ0n) is 7.40. The maximum absolute atomic E-state index is 11.7. The molecule has 0 aliphatic carbocycles. The Kier molecular flexibility index (Phi) is 5.73. The number of nitrogens with one attached hydrogen (secondary N) is 1. The third kappa shape index (κ3) is 7.80. The van der Waals surface area contributed by atoms with E-state index in [4.69, 9.17) is 5.84 Å². The van der Waals surface area contributed by atoms with Crippen molar-refractivity contribution in [2.24, 2.45) is 5.84 Å². The first-order chi connectivity index (χ1) is 5.99. The molecule has 0 rings (SSSR count). The van der Waals surface area contributed by atoms with Crippen LogP contribution in [0, 0.1) is 0 Å². The van der Waals surface area contributed by atoms with Crippen LogP contribution in [0.3, 0.4) is 0 Å². The van der Waals surface area contributed by atoms with E-state index in [1.807, 2.05) is 0 Å². The lowest BCUT2D eigenvalue weighted by Gasteiger charge is -2.13. The smallest absolute Gasteiger partial charge is 0.271 e. The van der Waals surface area contributed by atoms with Crippen molar-refractivity contribution in [3.8, 4) is 0 Å². The van der Waals surface area contributed by atoms with Gasteiger partial charge in [0.25, 0.3) is 0 Å². The second-order valence-corrected chi connectivity index (χ2v) is 2.90. The minimum atomic E-state index is -4.06. The summed E-state index contributed by atoms with van der Waals surface area (Å²) in [6, 6.07) is -0.0974. The lowest BCUT2D eigenvalue weighted by molar-refractivity contribution is -0.135. The van der Waals surface area contributed by atoms with Gasteiger partial charge in [-0.05, 0) is 19.3 Å². The van der Waals surface area contributed by atoms with Crippen molar-refractivity contribution >= 4 is 0 Å². The van der Waals surface area contributed by atoms with Gasteiger partial charge >= 0.3 is 6.18 Å². The van der Waals surface area contributed by atoms with Crippen molar-refractivity contribution < 1.29 is 13.2 Å². The Labute approximate surface area is 76.0 Å². The SMILES string of the molecule is C=CCC(CCCC(F)(F)F)NN. The molecule has 5 heteroatoms. The predicted molar refractivity (Wildman–Crippen MR) is 45.8 cm³/mol. The molecule has 0 spiro atoms. The molecule has 0 fully saturated rings. The van der Waals surface area contributed by atoms with E-state index in [2.05, 4.69) is 12.0 Å². The largest absolute Gasteiger partial charge is 0.389 e. The quantitative estimate of drug-likeness (QED) is 0.388. The number of hydrazine groups is 1. The van der Waals surface area contributed by atoms with Crippen LogP contribution in [0.5, 0.6) is 0 Å². The molecule has 3 N–H and O–H groups in total. The van der Waals surface area contributed by atoms with E-state index in [-0.39, 0.29) is 12.5 Å². The van der Waals surface area contributed by atoms with Crippen LogP contribution < -0.4 is 11.3 Å². The topological polar surface area (TPSA) is 38.0 Å². The number of alkyl halides is 3. The zero-order chi connectivity index (χ0) is 10.3. The van der Waals surface area contributed by atoms with E-state index in [1.54, 1.807) is 6.08 Å². The summed E-state index contributed by atoms with van der Waals surface area (Å²) in [6.07, 6.45) is -2.06. The molecule has 0 aromatic heterocycles. The monoisotopic (exact) mass is 196 g/mol. The fourth-order valence-corrected chi connectivity index (χ4v) is 1.02. The molecular weight excluding hydrogens is 181 g/mol. The van der Waals surface area contributed by atoms with Crippen LogP contribution in [0.15, 0.2) is 12.7 Å². The first kappa shape index (κ1) is 12.4. The van der Waals surface area contributed by atoms with E-state index in [9.17, 15) is 13.2 Å². The summed E-state index contributed by atoms with van der Waals surface area (Å²) >= 11 is 0. The molecule has 1 atom stereocenters. The maximum atomic E-state index is 11.7. The summed E-state index contributed by atoms with van der Waals surface area (Å²) in [6.45, 7) is 3.49. The average Bonchev–Trinajstić information content (AvgIpc) is 2.01. The van der Waals surface area contributed by atoms with Crippen molar-refractivity contribution in [2.75, 3.05) is 0 Å². The third-order valence-electron chi connectivity index (χ3n) is 1.70. The summed E-state index contributed by atoms with van der Waals surface area (Å²) in [5.74, 6) is 5.13. The first-order valence-electron chi connectivity index (χ1n) is 4.13. The van der Waals surface area contributed by atoms with Gasteiger partial charge in [-0.25, -0.2) is 0 Å². The first-order valence-corrected chi connectivity index (χ1v) is 4.13. The molecule has 0 amide bonds. The lowest BCUT2D eigenvalue weighted by Crippen LogP contribution is -2.34. The van der Waals surface area contributed by atoms with Gasteiger partial charge in [-0.1, -0.05) is 6.08 Å². The lowest BCUT2D eigenvalue weighted by atomic mass is 10.1. The minimum absolute atomic E-state index is 0.0974. The molecule has 78 valence electrons. The molecule has 0 aromatic rings. The summed E-state index contributed by atoms with van der Waals surface area (Å²) < 4.78 is 35.2. The number of rotatable bonds is 6. The molecule has 13 heavy (non-hydrogen) atoms. The molecule has 0 aliphatic rings. The molecule has 2 nitrogen and oxygen atoms in total. The highest BCUT2D eigenvalue weighted by Crippen LogP contribution is 2.22. The number of halogens is 3. The van der Waals surface area contributed by atoms with Gasteiger partial charge in [-0.15, -0.1) is 6.58 Å². The Hall–Kier alpha value is -0.550. The molecule has 0 heterocycles. The van der Waals surface area contributed by atoms with Gasteiger partial charge in [0, 0.05) is 12.5 Å². The zero-order valence-corrected chi connectivity index (χ0v) is 7.40. The van der Waals surface area contributed by atoms with E-state index in [0.717, 1.165) is 0 Å². The predicted octanol–water partition coefficient (Wildman–Crippen LogP) is 2.13. The van der Waals surface area contributed by atoms with Crippen LogP contribution in [0.1, 0.15) is 25.7 Å². The number of nitrogens with two attached hydrogens (primary N) is 1. The highest BCUT2D eigenvalue weighted by molar-refractivity contribution is 4.76. The molecule has 0 bridgehead atoms. The summed E-state index contributed by atoms with van der Waals surface area (Å²) in [4.78, 5) is 0. The van der Waals surface area contributed by atoms with Crippen molar-refractivity contribution in [1.82, 2.24) is 5.43 Å². The Morgan fingerprint density at radius 2 is 2.08 bits per heavy atom. The van der Waals surface area contributed by atoms with Crippen LogP contribution >= 0.6 is 0 Å². The van der Waals surface area contributed by atoms with Gasteiger partial charge in [0.15, 0.2) is 0 Å². The minimum Gasteiger partial charge on any atom is -0.271 e. The molecule has 0 radical (unpaired) electrons. The van der Waals surface area contributed by atoms with Crippen LogP contribution in [0.4, 0.5) is 13.2 Å². The molecule has 0 aromatic carbocycles. The second kappa shape index (κ2) is 5.99. The Balaban J connectivity index is 3.54. The van der Waals surface area contributed by atoms with Crippen LogP contribution in [-0.2, 0) is 0 Å². The van der Waals surface area contributed by atoms with Gasteiger partial charge in [0.2, 0.25) is 0 Å². The van der Waals surface area contributed by atoms with Crippen LogP contribution in [0.2, 0.25) is 0 Å². The highest BCUT2D eigenvalue weighted by Gasteiger charge is 2.26. The number of hydrogen-bond donors (Lipinski definition) is 2. The fourth-order valence-electron chi connectivity index (χ4n) is 1.02. The maximum Gasteiger partial charge on any atom is 0.389 e. The molecule has 0 aliphatic heterocycles. The molecule has 1 unspecified atom stereocenters. The number of hydrogen-bond acceptors (Lipinski definition) is 2. The second-order valence-electron chi connectivity index (χ2n) is 2.90. The Morgan fingerprint density at radius 1 is 1.46 bits per heavy atom. The Morgan fingerprint density at radius 3 is 2.46 bits per heavy atom. The molecular formula is C8H15F3N2. The summed E-state index contributed by atoms with van der Waals surface area (Å²) in [7, 11) is 0. The molecule has 0 saturated carbocycles.